The molecule has 0 unspecified atom stereocenters. The van der Waals surface area contributed by atoms with E-state index in [1.165, 1.54) is 0 Å². The van der Waals surface area contributed by atoms with Crippen molar-refractivity contribution in [2.45, 2.75) is 18.2 Å². The second-order valence-corrected chi connectivity index (χ2v) is 4.84. The molecule has 17 heavy (non-hydrogen) atoms. The van der Waals surface area contributed by atoms with Gasteiger partial charge in [-0.25, -0.2) is 13.1 Å². The summed E-state index contributed by atoms with van der Waals surface area (Å²) in [5.74, 6) is -0.510. The largest absolute Gasteiger partial charge is 0.466 e. The fraction of sp³-hybridized carbons (Fsp3) is 0.500. The molecule has 4 N–H and O–H groups in total. The maximum Gasteiger partial charge on any atom is 0.307 e. The number of aromatic nitrogens is 2. The predicted molar refractivity (Wildman–Crippen MR) is 59.4 cm³/mol. The van der Waals surface area contributed by atoms with Gasteiger partial charge in [-0.05, 0) is 6.92 Å². The number of hydrogen-bond acceptors (Lipinski definition) is 6. The van der Waals surface area contributed by atoms with Crippen molar-refractivity contribution in [2.75, 3.05) is 18.9 Å². The Morgan fingerprint density at radius 1 is 1.65 bits per heavy atom. The fourth-order valence-corrected chi connectivity index (χ4v) is 2.15. The molecule has 1 aromatic rings. The Morgan fingerprint density at radius 3 is 2.88 bits per heavy atom. The number of aromatic amines is 1. The van der Waals surface area contributed by atoms with Crippen LogP contribution in [-0.4, -0.2) is 37.7 Å². The van der Waals surface area contributed by atoms with Crippen LogP contribution in [0.3, 0.4) is 0 Å². The maximum atomic E-state index is 11.7. The molecule has 1 heterocycles. The fourth-order valence-electron chi connectivity index (χ4n) is 1.10. The summed E-state index contributed by atoms with van der Waals surface area (Å²) in [6.07, 6.45) is 1.06. The summed E-state index contributed by atoms with van der Waals surface area (Å²) in [6.45, 7) is 1.89. The van der Waals surface area contributed by atoms with Gasteiger partial charge in [0, 0.05) is 6.54 Å². The number of ether oxygens (including phenoxy) is 1. The van der Waals surface area contributed by atoms with Gasteiger partial charge in [-0.15, -0.1) is 0 Å². The van der Waals surface area contributed by atoms with Crippen molar-refractivity contribution < 1.29 is 17.9 Å². The molecule has 0 aliphatic heterocycles. The quantitative estimate of drug-likeness (QED) is 0.577. The molecular formula is C8H14N4O4S. The molecule has 9 heteroatoms. The molecule has 0 atom stereocenters. The standard InChI is InChI=1S/C8H14N4O4S/c1-2-16-7(13)3-4-11-17(14,15)6-5-10-12-8(6)9/h5,11H,2-4H2,1H3,(H3,9,10,12). The third kappa shape index (κ3) is 3.71. The zero-order chi connectivity index (χ0) is 12.9. The Balaban J connectivity index is 2.52. The van der Waals surface area contributed by atoms with Crippen LogP contribution in [0.15, 0.2) is 11.1 Å². The van der Waals surface area contributed by atoms with Gasteiger partial charge in [0.1, 0.15) is 10.7 Å². The molecule has 0 amide bonds. The first-order valence-electron chi connectivity index (χ1n) is 4.91. The number of nitrogens with one attached hydrogen (secondary N) is 2. The van der Waals surface area contributed by atoms with E-state index in [2.05, 4.69) is 19.7 Å². The minimum Gasteiger partial charge on any atom is -0.466 e. The molecule has 0 saturated carbocycles. The zero-order valence-electron chi connectivity index (χ0n) is 9.26. The average molecular weight is 262 g/mol. The number of sulfonamides is 1. The van der Waals surface area contributed by atoms with Gasteiger partial charge in [0.15, 0.2) is 0 Å². The Bertz CT molecular complexity index is 481. The second-order valence-electron chi connectivity index (χ2n) is 3.10. The number of hydrogen-bond donors (Lipinski definition) is 3. The molecule has 96 valence electrons. The van der Waals surface area contributed by atoms with Gasteiger partial charge in [0.2, 0.25) is 10.0 Å². The van der Waals surface area contributed by atoms with E-state index in [0.29, 0.717) is 0 Å². The number of anilines is 1. The van der Waals surface area contributed by atoms with Crippen molar-refractivity contribution in [1.82, 2.24) is 14.9 Å². The summed E-state index contributed by atoms with van der Waals surface area (Å²) in [4.78, 5) is 10.8. The second kappa shape index (κ2) is 5.64. The van der Waals surface area contributed by atoms with E-state index in [-0.39, 0.29) is 30.3 Å². The van der Waals surface area contributed by atoms with Crippen molar-refractivity contribution >= 4 is 21.8 Å². The minimum absolute atomic E-state index is 0.0369. The Hall–Kier alpha value is -1.61. The summed E-state index contributed by atoms with van der Waals surface area (Å²) in [7, 11) is -3.73. The van der Waals surface area contributed by atoms with E-state index in [4.69, 9.17) is 5.73 Å². The molecule has 1 rings (SSSR count). The van der Waals surface area contributed by atoms with Crippen LogP contribution in [0.25, 0.3) is 0 Å². The van der Waals surface area contributed by atoms with Gasteiger partial charge in [-0.3, -0.25) is 9.89 Å². The molecule has 0 aromatic carbocycles. The summed E-state index contributed by atoms with van der Waals surface area (Å²) >= 11 is 0. The molecule has 0 saturated heterocycles. The number of nitrogen functional groups attached to an aromatic ring is 1. The van der Waals surface area contributed by atoms with Gasteiger partial charge >= 0.3 is 5.97 Å². The highest BCUT2D eigenvalue weighted by molar-refractivity contribution is 7.89. The Morgan fingerprint density at radius 2 is 2.35 bits per heavy atom. The summed E-state index contributed by atoms with van der Waals surface area (Å²) in [5, 5.41) is 5.81. The monoisotopic (exact) mass is 262 g/mol. The lowest BCUT2D eigenvalue weighted by molar-refractivity contribution is -0.142. The minimum atomic E-state index is -3.73. The number of esters is 1. The number of nitrogens with zero attached hydrogens (tertiary/aromatic N) is 1. The van der Waals surface area contributed by atoms with Crippen molar-refractivity contribution in [3.8, 4) is 0 Å². The van der Waals surface area contributed by atoms with Crippen LogP contribution in [0, 0.1) is 0 Å². The lowest BCUT2D eigenvalue weighted by atomic mass is 10.4. The van der Waals surface area contributed by atoms with Crippen LogP contribution >= 0.6 is 0 Å². The van der Waals surface area contributed by atoms with Crippen molar-refractivity contribution in [2.24, 2.45) is 0 Å². The first-order chi connectivity index (χ1) is 7.97. The normalized spacial score (nSPS) is 11.4. The van der Waals surface area contributed by atoms with Crippen molar-refractivity contribution in [1.29, 1.82) is 0 Å². The number of H-pyrrole nitrogens is 1. The predicted octanol–water partition coefficient (Wildman–Crippen LogP) is -0.777. The molecule has 8 nitrogen and oxygen atoms in total. The first kappa shape index (κ1) is 13.5. The van der Waals surface area contributed by atoms with E-state index >= 15 is 0 Å². The Kier molecular flexibility index (Phi) is 4.46. The van der Waals surface area contributed by atoms with E-state index in [1.54, 1.807) is 6.92 Å². The van der Waals surface area contributed by atoms with Crippen molar-refractivity contribution in [3.05, 3.63) is 6.20 Å². The SMILES string of the molecule is CCOC(=O)CCNS(=O)(=O)c1cn[nH]c1N. The highest BCUT2D eigenvalue weighted by Gasteiger charge is 2.19. The molecule has 0 radical (unpaired) electrons. The van der Waals surface area contributed by atoms with Crippen molar-refractivity contribution in [3.63, 3.8) is 0 Å². The summed E-state index contributed by atoms with van der Waals surface area (Å²) in [6, 6.07) is 0. The van der Waals surface area contributed by atoms with Crippen LogP contribution in [0.4, 0.5) is 5.82 Å². The number of rotatable bonds is 6. The van der Waals surface area contributed by atoms with Gasteiger partial charge in [-0.1, -0.05) is 0 Å². The van der Waals surface area contributed by atoms with E-state index in [1.807, 2.05) is 0 Å². The molecule has 0 fully saturated rings. The summed E-state index contributed by atoms with van der Waals surface area (Å²) in [5.41, 5.74) is 5.38. The lowest BCUT2D eigenvalue weighted by Gasteiger charge is -2.05. The van der Waals surface area contributed by atoms with Crippen LogP contribution in [0.1, 0.15) is 13.3 Å². The van der Waals surface area contributed by atoms with Crippen LogP contribution < -0.4 is 10.5 Å². The Labute approximate surface area is 98.6 Å². The molecule has 0 aliphatic rings. The van der Waals surface area contributed by atoms with E-state index in [9.17, 15) is 13.2 Å². The third-order valence-electron chi connectivity index (χ3n) is 1.85. The van der Waals surface area contributed by atoms with Gasteiger partial charge in [0.25, 0.3) is 0 Å². The first-order valence-corrected chi connectivity index (χ1v) is 6.40. The topological polar surface area (TPSA) is 127 Å². The number of nitrogens with two attached hydrogens (primary N) is 1. The summed E-state index contributed by atoms with van der Waals surface area (Å²) < 4.78 is 30.2. The van der Waals surface area contributed by atoms with E-state index in [0.717, 1.165) is 6.20 Å². The molecule has 0 spiro atoms. The highest BCUT2D eigenvalue weighted by Crippen LogP contribution is 2.13. The highest BCUT2D eigenvalue weighted by atomic mass is 32.2. The number of carbonyl (C=O) groups is 1. The maximum absolute atomic E-state index is 11.7. The van der Waals surface area contributed by atoms with Crippen LogP contribution in [-0.2, 0) is 19.6 Å². The molecule has 0 bridgehead atoms. The van der Waals surface area contributed by atoms with Gasteiger partial charge < -0.3 is 10.5 Å². The van der Waals surface area contributed by atoms with Crippen LogP contribution in [0.2, 0.25) is 0 Å². The molecule has 1 aromatic heterocycles. The smallest absolute Gasteiger partial charge is 0.307 e. The molecular weight excluding hydrogens is 248 g/mol. The zero-order valence-corrected chi connectivity index (χ0v) is 10.1. The van der Waals surface area contributed by atoms with Gasteiger partial charge in [-0.2, -0.15) is 5.10 Å². The number of carbonyl (C=O) groups excluding carboxylic acids is 1. The van der Waals surface area contributed by atoms with E-state index < -0.39 is 16.0 Å². The third-order valence-corrected chi connectivity index (χ3v) is 3.34. The average Bonchev–Trinajstić information content (AvgIpc) is 2.65. The molecule has 0 aliphatic carbocycles. The van der Waals surface area contributed by atoms with Crippen LogP contribution in [0.5, 0.6) is 0 Å². The lowest BCUT2D eigenvalue weighted by Crippen LogP contribution is -2.27. The van der Waals surface area contributed by atoms with Gasteiger partial charge in [0.05, 0.1) is 19.2 Å².